The predicted molar refractivity (Wildman–Crippen MR) is 98.6 cm³/mol. The first-order valence-corrected chi connectivity index (χ1v) is 8.41. The van der Waals surface area contributed by atoms with Gasteiger partial charge in [-0.15, -0.1) is 0 Å². The zero-order valence-electron chi connectivity index (χ0n) is 15.5. The summed E-state index contributed by atoms with van der Waals surface area (Å²) in [5, 5.41) is 5.83. The molecular formula is C20H18F3N3O2. The van der Waals surface area contributed by atoms with Crippen molar-refractivity contribution in [3.05, 3.63) is 71.0 Å². The Hall–Kier alpha value is -3.29. The van der Waals surface area contributed by atoms with E-state index in [2.05, 4.69) is 10.4 Å². The number of amides is 1. The summed E-state index contributed by atoms with van der Waals surface area (Å²) in [5.41, 5.74) is 0.591. The van der Waals surface area contributed by atoms with Crippen molar-refractivity contribution in [2.75, 3.05) is 5.32 Å². The molecule has 0 aliphatic carbocycles. The lowest BCUT2D eigenvalue weighted by Gasteiger charge is -2.13. The number of hydrogen-bond donors (Lipinski definition) is 1. The Balaban J connectivity index is 1.88. The van der Waals surface area contributed by atoms with Gasteiger partial charge in [0.15, 0.2) is 11.4 Å². The number of benzene rings is 2. The second-order valence-electron chi connectivity index (χ2n) is 6.36. The molecule has 0 aliphatic rings. The summed E-state index contributed by atoms with van der Waals surface area (Å²) in [6.07, 6.45) is -3.70. The van der Waals surface area contributed by atoms with Crippen molar-refractivity contribution in [3.63, 3.8) is 0 Å². The monoisotopic (exact) mass is 389 g/mol. The molecule has 0 saturated heterocycles. The molecule has 2 aromatic carbocycles. The number of anilines is 1. The fraction of sp³-hybridized carbons (Fsp3) is 0.200. The highest BCUT2D eigenvalue weighted by Crippen LogP contribution is 2.33. The molecule has 1 aromatic heterocycles. The molecule has 1 N–H and O–H groups in total. The SMILES string of the molecule is Cc1ccc(Oc2ccccc2NC(=O)c2cn(C)nc2C(F)(F)F)cc1C. The summed E-state index contributed by atoms with van der Waals surface area (Å²) in [5.74, 6) is -0.0460. The van der Waals surface area contributed by atoms with Crippen LogP contribution in [0.2, 0.25) is 0 Å². The van der Waals surface area contributed by atoms with Crippen LogP contribution >= 0.6 is 0 Å². The number of halogens is 3. The molecule has 146 valence electrons. The van der Waals surface area contributed by atoms with Crippen LogP contribution in [-0.2, 0) is 13.2 Å². The molecule has 0 spiro atoms. The second kappa shape index (κ2) is 7.38. The Morgan fingerprint density at radius 1 is 1.11 bits per heavy atom. The van der Waals surface area contributed by atoms with E-state index in [0.717, 1.165) is 22.0 Å². The van der Waals surface area contributed by atoms with Crippen molar-refractivity contribution in [1.82, 2.24) is 9.78 Å². The van der Waals surface area contributed by atoms with Gasteiger partial charge in [0.25, 0.3) is 5.91 Å². The second-order valence-corrected chi connectivity index (χ2v) is 6.36. The maximum Gasteiger partial charge on any atom is 0.435 e. The fourth-order valence-corrected chi connectivity index (χ4v) is 2.62. The van der Waals surface area contributed by atoms with Crippen LogP contribution in [0.3, 0.4) is 0 Å². The van der Waals surface area contributed by atoms with Gasteiger partial charge in [-0.3, -0.25) is 9.48 Å². The van der Waals surface area contributed by atoms with Gasteiger partial charge in [-0.2, -0.15) is 18.3 Å². The average molecular weight is 389 g/mol. The lowest BCUT2D eigenvalue weighted by molar-refractivity contribution is -0.141. The number of nitrogens with one attached hydrogen (secondary N) is 1. The summed E-state index contributed by atoms with van der Waals surface area (Å²) in [4.78, 5) is 12.5. The highest BCUT2D eigenvalue weighted by molar-refractivity contribution is 6.05. The summed E-state index contributed by atoms with van der Waals surface area (Å²) < 4.78 is 46.1. The average Bonchev–Trinajstić information content (AvgIpc) is 3.02. The van der Waals surface area contributed by atoms with Crippen LogP contribution in [0, 0.1) is 13.8 Å². The van der Waals surface area contributed by atoms with E-state index in [1.54, 1.807) is 30.3 Å². The van der Waals surface area contributed by atoms with E-state index in [9.17, 15) is 18.0 Å². The van der Waals surface area contributed by atoms with Crippen molar-refractivity contribution in [3.8, 4) is 11.5 Å². The largest absolute Gasteiger partial charge is 0.455 e. The fourth-order valence-electron chi connectivity index (χ4n) is 2.62. The molecule has 5 nitrogen and oxygen atoms in total. The number of aromatic nitrogens is 2. The molecule has 28 heavy (non-hydrogen) atoms. The predicted octanol–water partition coefficient (Wildman–Crippen LogP) is 5.10. The molecular weight excluding hydrogens is 371 g/mol. The molecule has 3 rings (SSSR count). The van der Waals surface area contributed by atoms with Crippen molar-refractivity contribution >= 4 is 11.6 Å². The molecule has 1 amide bonds. The summed E-state index contributed by atoms with van der Waals surface area (Å²) in [6.45, 7) is 3.91. The van der Waals surface area contributed by atoms with Crippen LogP contribution in [0.5, 0.6) is 11.5 Å². The van der Waals surface area contributed by atoms with Gasteiger partial charge in [-0.05, 0) is 49.2 Å². The van der Waals surface area contributed by atoms with Gasteiger partial charge in [0.05, 0.1) is 11.3 Å². The quantitative estimate of drug-likeness (QED) is 0.675. The number of alkyl halides is 3. The molecule has 8 heteroatoms. The third kappa shape index (κ3) is 4.16. The van der Waals surface area contributed by atoms with Crippen LogP contribution in [0.4, 0.5) is 18.9 Å². The summed E-state index contributed by atoms with van der Waals surface area (Å²) in [7, 11) is 1.32. The van der Waals surface area contributed by atoms with Crippen LogP contribution in [0.1, 0.15) is 27.2 Å². The first-order chi connectivity index (χ1) is 13.1. The zero-order valence-corrected chi connectivity index (χ0v) is 15.5. The molecule has 3 aromatic rings. The maximum absolute atomic E-state index is 13.1. The Morgan fingerprint density at radius 2 is 1.82 bits per heavy atom. The van der Waals surface area contributed by atoms with E-state index in [1.807, 2.05) is 26.0 Å². The van der Waals surface area contributed by atoms with Crippen molar-refractivity contribution < 1.29 is 22.7 Å². The smallest absolute Gasteiger partial charge is 0.435 e. The number of carbonyl (C=O) groups excluding carboxylic acids is 1. The summed E-state index contributed by atoms with van der Waals surface area (Å²) in [6, 6.07) is 12.1. The van der Waals surface area contributed by atoms with E-state index >= 15 is 0 Å². The minimum absolute atomic E-state index is 0.253. The van der Waals surface area contributed by atoms with E-state index in [1.165, 1.54) is 7.05 Å². The molecule has 0 bridgehead atoms. The van der Waals surface area contributed by atoms with Gasteiger partial charge in [-0.25, -0.2) is 0 Å². The molecule has 0 unspecified atom stereocenters. The van der Waals surface area contributed by atoms with E-state index < -0.39 is 23.3 Å². The Kier molecular flexibility index (Phi) is 5.13. The highest BCUT2D eigenvalue weighted by atomic mass is 19.4. The first kappa shape index (κ1) is 19.5. The van der Waals surface area contributed by atoms with E-state index in [-0.39, 0.29) is 5.69 Å². The van der Waals surface area contributed by atoms with Gasteiger partial charge < -0.3 is 10.1 Å². The van der Waals surface area contributed by atoms with Crippen LogP contribution < -0.4 is 10.1 Å². The van der Waals surface area contributed by atoms with Crippen LogP contribution in [0.15, 0.2) is 48.7 Å². The Labute approximate surface area is 159 Å². The third-order valence-electron chi connectivity index (χ3n) is 4.18. The molecule has 0 radical (unpaired) electrons. The van der Waals surface area contributed by atoms with Crippen LogP contribution in [0.25, 0.3) is 0 Å². The minimum atomic E-state index is -4.73. The van der Waals surface area contributed by atoms with Crippen molar-refractivity contribution in [2.45, 2.75) is 20.0 Å². The summed E-state index contributed by atoms with van der Waals surface area (Å²) >= 11 is 0. The standard InChI is InChI=1S/C20H18F3N3O2/c1-12-8-9-14(10-13(12)2)28-17-7-5-4-6-16(17)24-19(27)15-11-26(3)25-18(15)20(21,22)23/h4-11H,1-3H3,(H,24,27). The number of aryl methyl sites for hydroxylation is 3. The number of para-hydroxylation sites is 2. The molecule has 0 aliphatic heterocycles. The third-order valence-corrected chi connectivity index (χ3v) is 4.18. The lowest BCUT2D eigenvalue weighted by Crippen LogP contribution is -2.18. The van der Waals surface area contributed by atoms with Gasteiger partial charge in [0.1, 0.15) is 5.75 Å². The number of ether oxygens (including phenoxy) is 1. The lowest BCUT2D eigenvalue weighted by atomic mass is 10.1. The van der Waals surface area contributed by atoms with Gasteiger partial charge in [0, 0.05) is 13.2 Å². The maximum atomic E-state index is 13.1. The van der Waals surface area contributed by atoms with Crippen LogP contribution in [-0.4, -0.2) is 15.7 Å². The number of nitrogens with zero attached hydrogens (tertiary/aromatic N) is 2. The normalized spacial score (nSPS) is 11.4. The molecule has 0 fully saturated rings. The minimum Gasteiger partial charge on any atom is -0.455 e. The van der Waals surface area contributed by atoms with E-state index in [4.69, 9.17) is 4.74 Å². The number of rotatable bonds is 4. The molecule has 1 heterocycles. The zero-order chi connectivity index (χ0) is 20.5. The van der Waals surface area contributed by atoms with Gasteiger partial charge in [0.2, 0.25) is 0 Å². The highest BCUT2D eigenvalue weighted by Gasteiger charge is 2.39. The Morgan fingerprint density at radius 3 is 2.50 bits per heavy atom. The first-order valence-electron chi connectivity index (χ1n) is 8.41. The Bertz CT molecular complexity index is 1030. The number of hydrogen-bond acceptors (Lipinski definition) is 3. The van der Waals surface area contributed by atoms with Crippen molar-refractivity contribution in [1.29, 1.82) is 0 Å². The number of carbonyl (C=O) groups is 1. The van der Waals surface area contributed by atoms with Gasteiger partial charge >= 0.3 is 6.18 Å². The van der Waals surface area contributed by atoms with Gasteiger partial charge in [-0.1, -0.05) is 18.2 Å². The molecule has 0 atom stereocenters. The topological polar surface area (TPSA) is 56.1 Å². The molecule has 0 saturated carbocycles. The van der Waals surface area contributed by atoms with E-state index in [0.29, 0.717) is 11.5 Å². The van der Waals surface area contributed by atoms with Crippen molar-refractivity contribution in [2.24, 2.45) is 7.05 Å².